The second-order valence-corrected chi connectivity index (χ2v) is 11.1. The van der Waals surface area contributed by atoms with Crippen LogP contribution < -0.4 is 0 Å². The summed E-state index contributed by atoms with van der Waals surface area (Å²) in [5.74, 6) is 0. The van der Waals surface area contributed by atoms with Crippen molar-refractivity contribution in [2.24, 2.45) is 0 Å². The second-order valence-electron chi connectivity index (χ2n) is 10.1. The number of hydrogen-bond donors (Lipinski definition) is 0. The largest absolute Gasteiger partial charge is 0.309 e. The van der Waals surface area contributed by atoms with E-state index in [0.717, 1.165) is 16.9 Å². The van der Waals surface area contributed by atoms with Gasteiger partial charge < -0.3 is 4.57 Å². The van der Waals surface area contributed by atoms with E-state index in [-0.39, 0.29) is 0 Å². The van der Waals surface area contributed by atoms with Crippen LogP contribution in [0.15, 0.2) is 128 Å². The number of fused-ring (bicyclic) bond motifs is 6. The summed E-state index contributed by atoms with van der Waals surface area (Å²) in [4.78, 5) is 4.77. The van der Waals surface area contributed by atoms with Crippen molar-refractivity contribution in [2.45, 2.75) is 6.92 Å². The SMILES string of the molecule is Cc1c(-c2ccc3sc4ccccc4c3c2)cc(-n2c3ccccc3c3ccccc32)cc1-c1ccccn1. The van der Waals surface area contributed by atoms with Crippen molar-refractivity contribution >= 4 is 53.3 Å². The molecule has 0 N–H and O–H groups in total. The zero-order valence-electron chi connectivity index (χ0n) is 21.4. The highest BCUT2D eigenvalue weighted by molar-refractivity contribution is 7.25. The molecular weight excluding hydrogens is 492 g/mol. The Kier molecular flexibility index (Phi) is 4.94. The van der Waals surface area contributed by atoms with E-state index in [1.165, 1.54) is 58.7 Å². The van der Waals surface area contributed by atoms with Crippen LogP contribution in [0.2, 0.25) is 0 Å². The number of para-hydroxylation sites is 2. The van der Waals surface area contributed by atoms with Gasteiger partial charge in [-0.2, -0.15) is 0 Å². The lowest BCUT2D eigenvalue weighted by atomic mass is 9.93. The molecule has 0 radical (unpaired) electrons. The van der Waals surface area contributed by atoms with E-state index >= 15 is 0 Å². The first-order valence-corrected chi connectivity index (χ1v) is 14.0. The lowest BCUT2D eigenvalue weighted by molar-refractivity contribution is 1.17. The van der Waals surface area contributed by atoms with Crippen LogP contribution in [0, 0.1) is 6.92 Å². The van der Waals surface area contributed by atoms with Gasteiger partial charge in [-0.05, 0) is 78.2 Å². The Balaban J connectivity index is 1.46. The Morgan fingerprint density at radius 3 is 1.95 bits per heavy atom. The van der Waals surface area contributed by atoms with Crippen LogP contribution in [0.4, 0.5) is 0 Å². The van der Waals surface area contributed by atoms with Gasteiger partial charge in [0.2, 0.25) is 0 Å². The molecule has 3 heteroatoms. The van der Waals surface area contributed by atoms with Crippen molar-refractivity contribution in [3.8, 4) is 28.1 Å². The molecule has 0 unspecified atom stereocenters. The number of aromatic nitrogens is 2. The zero-order valence-corrected chi connectivity index (χ0v) is 22.2. The third-order valence-corrected chi connectivity index (χ3v) is 9.01. The summed E-state index contributed by atoms with van der Waals surface area (Å²) >= 11 is 1.86. The molecule has 0 saturated carbocycles. The summed E-state index contributed by atoms with van der Waals surface area (Å²) in [7, 11) is 0. The standard InChI is InChI=1S/C36H24N2S/c1-23-29(24-17-18-36-31(20-24)28-12-4-7-16-35(28)39-36)21-25(22-30(23)32-13-8-9-19-37-32)38-33-14-5-2-10-26(33)27-11-3-6-15-34(27)38/h2-22H,1H3. The van der Waals surface area contributed by atoms with E-state index in [4.69, 9.17) is 4.98 Å². The average molecular weight is 517 g/mol. The molecule has 39 heavy (non-hydrogen) atoms. The van der Waals surface area contributed by atoms with E-state index in [1.807, 2.05) is 23.6 Å². The van der Waals surface area contributed by atoms with Crippen molar-refractivity contribution in [3.63, 3.8) is 0 Å². The number of hydrogen-bond acceptors (Lipinski definition) is 2. The van der Waals surface area contributed by atoms with Gasteiger partial charge in [-0.25, -0.2) is 0 Å². The molecule has 3 aromatic heterocycles. The van der Waals surface area contributed by atoms with E-state index in [2.05, 4.69) is 127 Å². The molecule has 5 aromatic carbocycles. The van der Waals surface area contributed by atoms with Gasteiger partial charge in [-0.15, -0.1) is 11.3 Å². The summed E-state index contributed by atoms with van der Waals surface area (Å²) in [6, 6.07) is 43.8. The molecule has 184 valence electrons. The fourth-order valence-corrected chi connectivity index (χ4v) is 7.10. The lowest BCUT2D eigenvalue weighted by Gasteiger charge is -2.17. The Morgan fingerprint density at radius 1 is 0.564 bits per heavy atom. The highest BCUT2D eigenvalue weighted by Crippen LogP contribution is 2.41. The maximum atomic E-state index is 4.77. The molecule has 0 aliphatic rings. The molecule has 0 aliphatic carbocycles. The minimum absolute atomic E-state index is 0.987. The van der Waals surface area contributed by atoms with Gasteiger partial charge in [0.05, 0.1) is 16.7 Å². The molecule has 0 fully saturated rings. The van der Waals surface area contributed by atoms with Gasteiger partial charge in [0, 0.05) is 48.4 Å². The molecule has 0 saturated heterocycles. The van der Waals surface area contributed by atoms with Gasteiger partial charge in [-0.3, -0.25) is 4.98 Å². The fraction of sp³-hybridized carbons (Fsp3) is 0.0278. The van der Waals surface area contributed by atoms with Crippen molar-refractivity contribution < 1.29 is 0 Å². The minimum atomic E-state index is 0.987. The number of benzene rings is 5. The molecule has 3 heterocycles. The summed E-state index contributed by atoms with van der Waals surface area (Å²) in [5, 5.41) is 5.16. The molecule has 0 amide bonds. The molecule has 8 rings (SSSR count). The molecule has 0 bridgehead atoms. The normalized spacial score (nSPS) is 11.7. The first-order valence-electron chi connectivity index (χ1n) is 13.2. The molecule has 0 atom stereocenters. The van der Waals surface area contributed by atoms with E-state index in [0.29, 0.717) is 0 Å². The number of nitrogens with zero attached hydrogens (tertiary/aromatic N) is 2. The van der Waals surface area contributed by atoms with Crippen LogP contribution in [0.3, 0.4) is 0 Å². The van der Waals surface area contributed by atoms with Gasteiger partial charge in [0.25, 0.3) is 0 Å². The van der Waals surface area contributed by atoms with Gasteiger partial charge in [0.1, 0.15) is 0 Å². The number of rotatable bonds is 3. The molecule has 0 spiro atoms. The summed E-state index contributed by atoms with van der Waals surface area (Å²) < 4.78 is 5.05. The van der Waals surface area contributed by atoms with Crippen molar-refractivity contribution in [1.82, 2.24) is 9.55 Å². The fourth-order valence-electron chi connectivity index (χ4n) is 6.01. The van der Waals surface area contributed by atoms with Gasteiger partial charge in [-0.1, -0.05) is 66.7 Å². The first kappa shape index (κ1) is 22.3. The summed E-state index contributed by atoms with van der Waals surface area (Å²) in [5.41, 5.74) is 9.39. The number of thiophene rings is 1. The maximum absolute atomic E-state index is 4.77. The van der Waals surface area contributed by atoms with E-state index in [9.17, 15) is 0 Å². The highest BCUT2D eigenvalue weighted by atomic mass is 32.1. The highest BCUT2D eigenvalue weighted by Gasteiger charge is 2.17. The van der Waals surface area contributed by atoms with Crippen LogP contribution >= 0.6 is 11.3 Å². The van der Waals surface area contributed by atoms with Crippen LogP contribution in [-0.2, 0) is 0 Å². The second kappa shape index (κ2) is 8.65. The molecule has 2 nitrogen and oxygen atoms in total. The van der Waals surface area contributed by atoms with Crippen LogP contribution in [0.5, 0.6) is 0 Å². The van der Waals surface area contributed by atoms with Crippen molar-refractivity contribution in [1.29, 1.82) is 0 Å². The van der Waals surface area contributed by atoms with Crippen molar-refractivity contribution in [2.75, 3.05) is 0 Å². The number of pyridine rings is 1. The quantitative estimate of drug-likeness (QED) is 0.228. The van der Waals surface area contributed by atoms with E-state index < -0.39 is 0 Å². The average Bonchev–Trinajstić information content (AvgIpc) is 3.53. The van der Waals surface area contributed by atoms with Crippen LogP contribution in [-0.4, -0.2) is 9.55 Å². The smallest absolute Gasteiger partial charge is 0.0705 e. The third kappa shape index (κ3) is 3.44. The summed E-state index contributed by atoms with van der Waals surface area (Å²) in [6.07, 6.45) is 1.88. The van der Waals surface area contributed by atoms with E-state index in [1.54, 1.807) is 0 Å². The topological polar surface area (TPSA) is 17.8 Å². The minimum Gasteiger partial charge on any atom is -0.309 e. The predicted molar refractivity (Wildman–Crippen MR) is 167 cm³/mol. The zero-order chi connectivity index (χ0) is 25.9. The molecular formula is C36H24N2S. The Morgan fingerprint density at radius 2 is 1.21 bits per heavy atom. The summed E-state index contributed by atoms with van der Waals surface area (Å²) in [6.45, 7) is 2.23. The Bertz CT molecular complexity index is 2130. The lowest BCUT2D eigenvalue weighted by Crippen LogP contribution is -1.99. The predicted octanol–water partition coefficient (Wildman–Crippen LogP) is 10.2. The Hall–Kier alpha value is -4.73. The van der Waals surface area contributed by atoms with Crippen LogP contribution in [0.25, 0.3) is 70.0 Å². The monoisotopic (exact) mass is 516 g/mol. The molecule has 8 aromatic rings. The first-order chi connectivity index (χ1) is 19.3. The van der Waals surface area contributed by atoms with Gasteiger partial charge >= 0.3 is 0 Å². The molecule has 0 aliphatic heterocycles. The van der Waals surface area contributed by atoms with Crippen molar-refractivity contribution in [3.05, 3.63) is 133 Å². The van der Waals surface area contributed by atoms with Crippen LogP contribution in [0.1, 0.15) is 5.56 Å². The Labute approximate surface area is 230 Å². The van der Waals surface area contributed by atoms with Gasteiger partial charge in [0.15, 0.2) is 0 Å². The third-order valence-electron chi connectivity index (χ3n) is 7.86. The maximum Gasteiger partial charge on any atom is 0.0705 e.